The van der Waals surface area contributed by atoms with Crippen LogP contribution in [0.25, 0.3) is 0 Å². The maximum Gasteiger partial charge on any atom is 0.213 e. The molecule has 0 bridgehead atoms. The van der Waals surface area contributed by atoms with Crippen LogP contribution in [0.3, 0.4) is 0 Å². The number of ketones is 1. The third-order valence-electron chi connectivity index (χ3n) is 3.41. The van der Waals surface area contributed by atoms with Crippen LogP contribution in [-0.4, -0.2) is 17.2 Å². The Morgan fingerprint density at radius 2 is 1.27 bits per heavy atom. The van der Waals surface area contributed by atoms with Gasteiger partial charge in [0.25, 0.3) is 0 Å². The van der Waals surface area contributed by atoms with Gasteiger partial charge in [0.15, 0.2) is 0 Å². The van der Waals surface area contributed by atoms with E-state index in [1.807, 2.05) is 62.4 Å². The highest BCUT2D eigenvalue weighted by molar-refractivity contribution is 6.51. The van der Waals surface area contributed by atoms with Crippen molar-refractivity contribution in [3.05, 3.63) is 71.8 Å². The molecule has 0 spiro atoms. The van der Waals surface area contributed by atoms with Crippen molar-refractivity contribution in [3.8, 4) is 0 Å². The standard InChI is InChI=1S/C19H20N2O/c1-3-17(4-2)20-21-18(15-11-7-5-8-12-15)19(22)16-13-9-6-10-14-16/h5-14H,3-4H2,1-2H3/b21-18+. The molecular formula is C19H20N2O. The summed E-state index contributed by atoms with van der Waals surface area (Å²) in [7, 11) is 0. The third-order valence-corrected chi connectivity index (χ3v) is 3.41. The Morgan fingerprint density at radius 3 is 1.77 bits per heavy atom. The lowest BCUT2D eigenvalue weighted by atomic mass is 10.0. The zero-order valence-electron chi connectivity index (χ0n) is 13.0. The van der Waals surface area contributed by atoms with Crippen molar-refractivity contribution >= 4 is 17.2 Å². The van der Waals surface area contributed by atoms with Crippen LogP contribution in [0.4, 0.5) is 0 Å². The molecule has 2 rings (SSSR count). The lowest BCUT2D eigenvalue weighted by molar-refractivity contribution is 0.106. The Bertz CT molecular complexity index is 667. The third kappa shape index (κ3) is 3.98. The highest BCUT2D eigenvalue weighted by atomic mass is 16.1. The van der Waals surface area contributed by atoms with Gasteiger partial charge in [-0.25, -0.2) is 0 Å². The molecule has 0 N–H and O–H groups in total. The maximum absolute atomic E-state index is 12.7. The highest BCUT2D eigenvalue weighted by Crippen LogP contribution is 2.10. The van der Waals surface area contributed by atoms with Crippen molar-refractivity contribution in [3.63, 3.8) is 0 Å². The quantitative estimate of drug-likeness (QED) is 0.438. The van der Waals surface area contributed by atoms with Gasteiger partial charge in [-0.15, -0.1) is 5.10 Å². The summed E-state index contributed by atoms with van der Waals surface area (Å²) in [6.45, 7) is 4.08. The van der Waals surface area contributed by atoms with Gasteiger partial charge in [-0.05, 0) is 12.8 Å². The summed E-state index contributed by atoms with van der Waals surface area (Å²) in [6, 6.07) is 18.7. The van der Waals surface area contributed by atoms with Gasteiger partial charge in [-0.2, -0.15) is 5.10 Å². The Labute approximate surface area is 131 Å². The molecule has 0 saturated carbocycles. The molecule has 0 aromatic heterocycles. The normalized spacial score (nSPS) is 11.1. The average Bonchev–Trinajstić information content (AvgIpc) is 2.60. The number of carbonyl (C=O) groups excluding carboxylic acids is 1. The van der Waals surface area contributed by atoms with E-state index in [2.05, 4.69) is 10.2 Å². The van der Waals surface area contributed by atoms with Crippen LogP contribution in [0.2, 0.25) is 0 Å². The lowest BCUT2D eigenvalue weighted by Crippen LogP contribution is -2.15. The van der Waals surface area contributed by atoms with Gasteiger partial charge in [0, 0.05) is 16.8 Å². The summed E-state index contributed by atoms with van der Waals surface area (Å²) in [5.41, 5.74) is 2.77. The second-order valence-corrected chi connectivity index (χ2v) is 4.88. The Morgan fingerprint density at radius 1 is 0.773 bits per heavy atom. The van der Waals surface area contributed by atoms with Crippen molar-refractivity contribution in [2.75, 3.05) is 0 Å². The van der Waals surface area contributed by atoms with Crippen LogP contribution in [0.1, 0.15) is 42.6 Å². The summed E-state index contributed by atoms with van der Waals surface area (Å²) < 4.78 is 0. The minimum Gasteiger partial charge on any atom is -0.287 e. The molecule has 22 heavy (non-hydrogen) atoms. The second-order valence-electron chi connectivity index (χ2n) is 4.88. The van der Waals surface area contributed by atoms with Crippen molar-refractivity contribution in [2.45, 2.75) is 26.7 Å². The maximum atomic E-state index is 12.7. The smallest absolute Gasteiger partial charge is 0.213 e. The largest absolute Gasteiger partial charge is 0.287 e. The van der Waals surface area contributed by atoms with Crippen LogP contribution in [-0.2, 0) is 0 Å². The van der Waals surface area contributed by atoms with E-state index < -0.39 is 0 Å². The predicted octanol–water partition coefficient (Wildman–Crippen LogP) is 4.53. The molecule has 3 nitrogen and oxygen atoms in total. The van der Waals surface area contributed by atoms with Crippen LogP contribution in [0, 0.1) is 0 Å². The Balaban J connectivity index is 2.45. The molecule has 3 heteroatoms. The zero-order chi connectivity index (χ0) is 15.8. The molecule has 0 heterocycles. The summed E-state index contributed by atoms with van der Waals surface area (Å²) in [4.78, 5) is 12.7. The zero-order valence-corrected chi connectivity index (χ0v) is 13.0. The lowest BCUT2D eigenvalue weighted by Gasteiger charge is -2.05. The van der Waals surface area contributed by atoms with E-state index in [4.69, 9.17) is 0 Å². The first-order valence-corrected chi connectivity index (χ1v) is 7.54. The van der Waals surface area contributed by atoms with E-state index >= 15 is 0 Å². The van der Waals surface area contributed by atoms with Gasteiger partial charge >= 0.3 is 0 Å². The van der Waals surface area contributed by atoms with Crippen molar-refractivity contribution in [2.24, 2.45) is 10.2 Å². The van der Waals surface area contributed by atoms with Gasteiger partial charge < -0.3 is 0 Å². The van der Waals surface area contributed by atoms with E-state index in [0.29, 0.717) is 11.3 Å². The number of Topliss-reactive ketones (excluding diaryl/α,β-unsaturated/α-hetero) is 1. The highest BCUT2D eigenvalue weighted by Gasteiger charge is 2.16. The summed E-state index contributed by atoms with van der Waals surface area (Å²) in [5, 5.41) is 8.54. The number of hydrogen-bond donors (Lipinski definition) is 0. The average molecular weight is 292 g/mol. The molecule has 0 atom stereocenters. The molecule has 2 aromatic rings. The molecule has 0 aliphatic heterocycles. The van der Waals surface area contributed by atoms with E-state index in [1.54, 1.807) is 12.1 Å². The van der Waals surface area contributed by atoms with Gasteiger partial charge in [-0.1, -0.05) is 74.5 Å². The Kier molecular flexibility index (Phi) is 5.78. The Hall–Kier alpha value is -2.55. The van der Waals surface area contributed by atoms with Crippen LogP contribution in [0.5, 0.6) is 0 Å². The first-order chi connectivity index (χ1) is 10.8. The number of nitrogens with zero attached hydrogens (tertiary/aromatic N) is 2. The van der Waals surface area contributed by atoms with E-state index in [9.17, 15) is 4.79 Å². The molecule has 0 fully saturated rings. The monoisotopic (exact) mass is 292 g/mol. The fraction of sp³-hybridized carbons (Fsp3) is 0.211. The van der Waals surface area contributed by atoms with E-state index in [1.165, 1.54) is 0 Å². The molecule has 0 unspecified atom stereocenters. The topological polar surface area (TPSA) is 41.8 Å². The van der Waals surface area contributed by atoms with Gasteiger partial charge in [0.1, 0.15) is 5.71 Å². The number of hydrogen-bond acceptors (Lipinski definition) is 3. The van der Waals surface area contributed by atoms with Crippen molar-refractivity contribution in [1.82, 2.24) is 0 Å². The SMILES string of the molecule is CCC(CC)=N/N=C(/C(=O)c1ccccc1)c1ccccc1. The molecule has 112 valence electrons. The molecule has 0 aliphatic carbocycles. The van der Waals surface area contributed by atoms with Gasteiger partial charge in [-0.3, -0.25) is 4.79 Å². The molecule has 2 aromatic carbocycles. The first kappa shape index (κ1) is 15.8. The predicted molar refractivity (Wildman–Crippen MR) is 91.8 cm³/mol. The first-order valence-electron chi connectivity index (χ1n) is 7.54. The van der Waals surface area contributed by atoms with E-state index in [0.717, 1.165) is 24.1 Å². The van der Waals surface area contributed by atoms with Gasteiger partial charge in [0.05, 0.1) is 0 Å². The van der Waals surface area contributed by atoms with Crippen LogP contribution >= 0.6 is 0 Å². The number of benzene rings is 2. The summed E-state index contributed by atoms with van der Waals surface area (Å²) >= 11 is 0. The second kappa shape index (κ2) is 8.03. The summed E-state index contributed by atoms with van der Waals surface area (Å²) in [6.07, 6.45) is 1.67. The van der Waals surface area contributed by atoms with E-state index in [-0.39, 0.29) is 5.78 Å². The molecule has 0 aliphatic rings. The summed E-state index contributed by atoms with van der Waals surface area (Å²) in [5.74, 6) is -0.109. The fourth-order valence-corrected chi connectivity index (χ4v) is 2.07. The van der Waals surface area contributed by atoms with Crippen molar-refractivity contribution < 1.29 is 4.79 Å². The van der Waals surface area contributed by atoms with Gasteiger partial charge in [0.2, 0.25) is 5.78 Å². The fourth-order valence-electron chi connectivity index (χ4n) is 2.07. The van der Waals surface area contributed by atoms with Crippen molar-refractivity contribution in [1.29, 1.82) is 0 Å². The molecular weight excluding hydrogens is 272 g/mol. The molecule has 0 amide bonds. The molecule has 0 saturated heterocycles. The minimum atomic E-state index is -0.109. The van der Waals surface area contributed by atoms with Crippen LogP contribution < -0.4 is 0 Å². The van der Waals surface area contributed by atoms with Crippen LogP contribution in [0.15, 0.2) is 70.9 Å². The molecule has 0 radical (unpaired) electrons. The number of rotatable bonds is 6. The minimum absolute atomic E-state index is 0.109. The number of carbonyl (C=O) groups is 1.